The van der Waals surface area contributed by atoms with Crippen LogP contribution in [0.2, 0.25) is 0 Å². The lowest BCUT2D eigenvalue weighted by Crippen LogP contribution is -2.35. The minimum Gasteiger partial charge on any atom is -0.309 e. The third kappa shape index (κ3) is 2.50. The Labute approximate surface area is 86.9 Å². The van der Waals surface area contributed by atoms with Crippen molar-refractivity contribution in [2.75, 3.05) is 11.9 Å². The molecule has 80 valence electrons. The minimum absolute atomic E-state index is 0.148. The van der Waals surface area contributed by atoms with Gasteiger partial charge in [0.25, 0.3) is 0 Å². The van der Waals surface area contributed by atoms with E-state index in [2.05, 4.69) is 15.6 Å². The number of nitrogens with one attached hydrogen (secondary N) is 2. The Morgan fingerprint density at radius 1 is 1.60 bits per heavy atom. The van der Waals surface area contributed by atoms with Gasteiger partial charge in [-0.15, -0.1) is 0 Å². The van der Waals surface area contributed by atoms with Crippen LogP contribution in [0.25, 0.3) is 0 Å². The number of hydrogen-bond donors (Lipinski definition) is 2. The van der Waals surface area contributed by atoms with E-state index in [1.54, 1.807) is 6.07 Å². The predicted octanol–water partition coefficient (Wildman–Crippen LogP) is 0.911. The van der Waals surface area contributed by atoms with Gasteiger partial charge in [-0.25, -0.2) is 4.98 Å². The molecule has 1 saturated heterocycles. The monoisotopic (exact) mass is 209 g/mol. The summed E-state index contributed by atoms with van der Waals surface area (Å²) < 4.78 is 12.7. The van der Waals surface area contributed by atoms with Gasteiger partial charge in [0.1, 0.15) is 5.82 Å². The number of amides is 1. The number of aromatic nitrogens is 1. The maximum Gasteiger partial charge on any atom is 0.242 e. The lowest BCUT2D eigenvalue weighted by atomic mass is 10.2. The summed E-state index contributed by atoms with van der Waals surface area (Å²) >= 11 is 0. The van der Waals surface area contributed by atoms with E-state index in [4.69, 9.17) is 0 Å². The van der Waals surface area contributed by atoms with E-state index in [1.165, 1.54) is 12.1 Å². The Hall–Kier alpha value is -1.49. The van der Waals surface area contributed by atoms with Crippen LogP contribution in [0.4, 0.5) is 10.2 Å². The van der Waals surface area contributed by atoms with Gasteiger partial charge in [-0.1, -0.05) is 6.07 Å². The molecule has 15 heavy (non-hydrogen) atoms. The maximum atomic E-state index is 12.7. The highest BCUT2D eigenvalue weighted by molar-refractivity contribution is 5.94. The number of hydrogen-bond acceptors (Lipinski definition) is 3. The number of pyridine rings is 1. The Morgan fingerprint density at radius 3 is 3.13 bits per heavy atom. The second kappa shape index (κ2) is 4.35. The van der Waals surface area contributed by atoms with Gasteiger partial charge in [-0.2, -0.15) is 4.39 Å². The highest BCUT2D eigenvalue weighted by atomic mass is 19.1. The fourth-order valence-corrected chi connectivity index (χ4v) is 1.60. The standard InChI is InChI=1S/C10H12FN3O/c11-8-4-1-5-9(13-8)14-10(15)7-3-2-6-12-7/h1,4-5,7,12H,2-3,6H2,(H,13,14,15)/t7-/m0/s1. The zero-order chi connectivity index (χ0) is 10.7. The van der Waals surface area contributed by atoms with Crippen molar-refractivity contribution < 1.29 is 9.18 Å². The average molecular weight is 209 g/mol. The number of anilines is 1. The number of rotatable bonds is 2. The molecule has 1 aliphatic rings. The number of halogens is 1. The minimum atomic E-state index is -0.591. The molecular weight excluding hydrogens is 197 g/mol. The molecule has 1 aromatic rings. The number of carbonyl (C=O) groups excluding carboxylic acids is 1. The maximum absolute atomic E-state index is 12.7. The molecule has 2 rings (SSSR count). The van der Waals surface area contributed by atoms with E-state index in [0.717, 1.165) is 19.4 Å². The van der Waals surface area contributed by atoms with Gasteiger partial charge >= 0.3 is 0 Å². The van der Waals surface area contributed by atoms with Gasteiger partial charge in [0.05, 0.1) is 6.04 Å². The van der Waals surface area contributed by atoms with Gasteiger partial charge in [0.15, 0.2) is 0 Å². The third-order valence-electron chi connectivity index (χ3n) is 2.34. The topological polar surface area (TPSA) is 54.0 Å². The van der Waals surface area contributed by atoms with Crippen molar-refractivity contribution >= 4 is 11.7 Å². The van der Waals surface area contributed by atoms with Gasteiger partial charge in [0, 0.05) is 0 Å². The molecule has 5 heteroatoms. The summed E-state index contributed by atoms with van der Waals surface area (Å²) in [6.07, 6.45) is 1.82. The first-order valence-corrected chi connectivity index (χ1v) is 4.92. The summed E-state index contributed by atoms with van der Waals surface area (Å²) in [7, 11) is 0. The van der Waals surface area contributed by atoms with Crippen LogP contribution in [-0.2, 0) is 4.79 Å². The van der Waals surface area contributed by atoms with Crippen LogP contribution < -0.4 is 10.6 Å². The molecule has 2 N–H and O–H groups in total. The molecule has 0 saturated carbocycles. The van der Waals surface area contributed by atoms with Crippen LogP contribution in [-0.4, -0.2) is 23.5 Å². The zero-order valence-electron chi connectivity index (χ0n) is 8.16. The van der Waals surface area contributed by atoms with E-state index in [-0.39, 0.29) is 17.8 Å². The molecule has 1 aliphatic heterocycles. The lowest BCUT2D eigenvalue weighted by Gasteiger charge is -2.09. The van der Waals surface area contributed by atoms with Gasteiger partial charge in [-0.3, -0.25) is 4.79 Å². The van der Waals surface area contributed by atoms with Crippen LogP contribution in [0.1, 0.15) is 12.8 Å². The molecule has 0 spiro atoms. The molecule has 2 heterocycles. The fraction of sp³-hybridized carbons (Fsp3) is 0.400. The normalized spacial score (nSPS) is 20.2. The highest BCUT2D eigenvalue weighted by Crippen LogP contribution is 2.09. The highest BCUT2D eigenvalue weighted by Gasteiger charge is 2.22. The second-order valence-electron chi connectivity index (χ2n) is 3.48. The van der Waals surface area contributed by atoms with Crippen LogP contribution in [0.15, 0.2) is 18.2 Å². The first-order valence-electron chi connectivity index (χ1n) is 4.92. The molecular formula is C10H12FN3O. The smallest absolute Gasteiger partial charge is 0.242 e. The van der Waals surface area contributed by atoms with Crippen molar-refractivity contribution in [2.24, 2.45) is 0 Å². The van der Waals surface area contributed by atoms with Crippen LogP contribution in [0.3, 0.4) is 0 Å². The Balaban J connectivity index is 1.99. The summed E-state index contributed by atoms with van der Waals surface area (Å²) in [6.45, 7) is 0.856. The van der Waals surface area contributed by atoms with Crippen LogP contribution in [0.5, 0.6) is 0 Å². The molecule has 0 aromatic carbocycles. The Bertz CT molecular complexity index is 363. The molecule has 1 aromatic heterocycles. The molecule has 0 bridgehead atoms. The van der Waals surface area contributed by atoms with E-state index in [9.17, 15) is 9.18 Å². The second-order valence-corrected chi connectivity index (χ2v) is 3.48. The first-order chi connectivity index (χ1) is 7.25. The quantitative estimate of drug-likeness (QED) is 0.712. The summed E-state index contributed by atoms with van der Waals surface area (Å²) in [5.41, 5.74) is 0. The van der Waals surface area contributed by atoms with Crippen LogP contribution >= 0.6 is 0 Å². The largest absolute Gasteiger partial charge is 0.309 e. The number of carbonyl (C=O) groups is 1. The molecule has 4 nitrogen and oxygen atoms in total. The van der Waals surface area contributed by atoms with E-state index in [1.807, 2.05) is 0 Å². The lowest BCUT2D eigenvalue weighted by molar-refractivity contribution is -0.117. The van der Waals surface area contributed by atoms with Crippen molar-refractivity contribution in [3.8, 4) is 0 Å². The van der Waals surface area contributed by atoms with E-state index >= 15 is 0 Å². The van der Waals surface area contributed by atoms with Crippen molar-refractivity contribution in [1.29, 1.82) is 0 Å². The summed E-state index contributed by atoms with van der Waals surface area (Å²) in [5, 5.41) is 5.63. The molecule has 0 aliphatic carbocycles. The SMILES string of the molecule is O=C(Nc1cccc(F)n1)[C@@H]1CCCN1. The van der Waals surface area contributed by atoms with Gasteiger partial charge in [0.2, 0.25) is 11.9 Å². The molecule has 1 amide bonds. The zero-order valence-corrected chi connectivity index (χ0v) is 8.16. The van der Waals surface area contributed by atoms with Crippen molar-refractivity contribution in [1.82, 2.24) is 10.3 Å². The average Bonchev–Trinajstić information content (AvgIpc) is 2.70. The molecule has 1 fully saturated rings. The summed E-state index contributed by atoms with van der Waals surface area (Å²) in [6, 6.07) is 4.15. The van der Waals surface area contributed by atoms with Crippen molar-refractivity contribution in [3.63, 3.8) is 0 Å². The van der Waals surface area contributed by atoms with Gasteiger partial charge in [-0.05, 0) is 31.5 Å². The van der Waals surface area contributed by atoms with Crippen molar-refractivity contribution in [2.45, 2.75) is 18.9 Å². The molecule has 0 radical (unpaired) electrons. The molecule has 0 unspecified atom stereocenters. The predicted molar refractivity (Wildman–Crippen MR) is 53.8 cm³/mol. The third-order valence-corrected chi connectivity index (χ3v) is 2.34. The van der Waals surface area contributed by atoms with Crippen LogP contribution in [0, 0.1) is 5.95 Å². The van der Waals surface area contributed by atoms with E-state index < -0.39 is 5.95 Å². The molecule has 1 atom stereocenters. The fourth-order valence-electron chi connectivity index (χ4n) is 1.60. The summed E-state index contributed by atoms with van der Waals surface area (Å²) in [4.78, 5) is 15.1. The Morgan fingerprint density at radius 2 is 2.47 bits per heavy atom. The first kappa shape index (κ1) is 10.0. The Kier molecular flexibility index (Phi) is 2.91. The van der Waals surface area contributed by atoms with Gasteiger partial charge < -0.3 is 10.6 Å². The summed E-state index contributed by atoms with van der Waals surface area (Å²) in [5.74, 6) is -0.480. The number of nitrogens with zero attached hydrogens (tertiary/aromatic N) is 1. The van der Waals surface area contributed by atoms with E-state index in [0.29, 0.717) is 0 Å². The van der Waals surface area contributed by atoms with Crippen molar-refractivity contribution in [3.05, 3.63) is 24.1 Å².